The van der Waals surface area contributed by atoms with Gasteiger partial charge in [-0.2, -0.15) is 0 Å². The van der Waals surface area contributed by atoms with Crippen LogP contribution >= 0.6 is 0 Å². The first-order chi connectivity index (χ1) is 23.3. The standard InChI is InChI=1S/C33H68O14Si5/c1-21(34)37-19-24-26(28(44-49(7,8)9)30(46-51(13,14)15)32(40-24)39-23(3)36)42-33-31(47-52(16,17)18)29(45-50(10,11)12)27(43-48(4,5)6)25(41-33)20-38-22(2)35/h24-33H,19-20H2,1-18H3/t24-,25-,26-,27+,28+,29+,30-,31-,32-,33+/m1/s1. The zero-order valence-electron chi connectivity index (χ0n) is 34.9. The zero-order valence-corrected chi connectivity index (χ0v) is 39.9. The lowest BCUT2D eigenvalue weighted by molar-refractivity contribution is -0.348. The topological polar surface area (TPSA) is 153 Å². The second-order valence-electron chi connectivity index (χ2n) is 18.4. The maximum atomic E-state index is 12.4. The molecule has 2 fully saturated rings. The summed E-state index contributed by atoms with van der Waals surface area (Å²) in [5.41, 5.74) is 0. The van der Waals surface area contributed by atoms with Crippen LogP contribution in [0.2, 0.25) is 98.2 Å². The van der Waals surface area contributed by atoms with E-state index >= 15 is 0 Å². The predicted octanol–water partition coefficient (Wildman–Crippen LogP) is 5.61. The second-order valence-corrected chi connectivity index (χ2v) is 40.7. The SMILES string of the molecule is CC(=O)OC[C@H]1O[C@@H](O[C@H]2[C@H](O[Si](C)(C)C)[C@@H](O[Si](C)(C)C)[C@H](OC(C)=O)O[C@@H]2COC(C)=O)[C@H](O[Si](C)(C)C)[C@@H](O[Si](C)(C)C)[C@H]1O[Si](C)(C)C. The lowest BCUT2D eigenvalue weighted by Gasteiger charge is -2.53. The van der Waals surface area contributed by atoms with Crippen LogP contribution in [0.15, 0.2) is 0 Å². The highest BCUT2D eigenvalue weighted by Crippen LogP contribution is 2.39. The van der Waals surface area contributed by atoms with Crippen molar-refractivity contribution in [2.24, 2.45) is 0 Å². The van der Waals surface area contributed by atoms with Gasteiger partial charge in [0.2, 0.25) is 6.29 Å². The Bertz CT molecular complexity index is 1190. The molecule has 19 heteroatoms. The fourth-order valence-corrected chi connectivity index (χ4v) is 11.2. The summed E-state index contributed by atoms with van der Waals surface area (Å²) >= 11 is 0. The minimum absolute atomic E-state index is 0.113. The zero-order chi connectivity index (χ0) is 40.2. The molecule has 14 nitrogen and oxygen atoms in total. The van der Waals surface area contributed by atoms with Crippen molar-refractivity contribution in [3.8, 4) is 0 Å². The van der Waals surface area contributed by atoms with Gasteiger partial charge in [-0.05, 0) is 98.2 Å². The number of rotatable bonds is 17. The summed E-state index contributed by atoms with van der Waals surface area (Å²) in [7, 11) is -11.6. The van der Waals surface area contributed by atoms with Crippen LogP contribution in [0, 0.1) is 0 Å². The Balaban J connectivity index is 2.87. The predicted molar refractivity (Wildman–Crippen MR) is 208 cm³/mol. The Morgan fingerprint density at radius 1 is 0.423 bits per heavy atom. The summed E-state index contributed by atoms with van der Waals surface area (Å²) in [6.45, 7) is 34.5. The quantitative estimate of drug-likeness (QED) is 0.101. The maximum absolute atomic E-state index is 12.4. The largest absolute Gasteiger partial charge is 0.463 e. The molecule has 0 spiro atoms. The van der Waals surface area contributed by atoms with Gasteiger partial charge in [-0.3, -0.25) is 14.4 Å². The smallest absolute Gasteiger partial charge is 0.305 e. The average Bonchev–Trinajstić information content (AvgIpc) is 2.89. The maximum Gasteiger partial charge on any atom is 0.305 e. The van der Waals surface area contributed by atoms with E-state index in [1.165, 1.54) is 20.8 Å². The molecule has 0 aromatic carbocycles. The van der Waals surface area contributed by atoms with Crippen molar-refractivity contribution in [2.75, 3.05) is 13.2 Å². The summed E-state index contributed by atoms with van der Waals surface area (Å²) < 4.78 is 71.3. The van der Waals surface area contributed by atoms with E-state index < -0.39 is 121 Å². The highest BCUT2D eigenvalue weighted by molar-refractivity contribution is 6.71. The fourth-order valence-electron chi connectivity index (χ4n) is 5.81. The number of ether oxygens (including phenoxy) is 6. The summed E-state index contributed by atoms with van der Waals surface area (Å²) in [6.07, 6.45) is -8.90. The lowest BCUT2D eigenvalue weighted by Crippen LogP contribution is -2.69. The van der Waals surface area contributed by atoms with E-state index in [1.54, 1.807) is 0 Å². The van der Waals surface area contributed by atoms with Gasteiger partial charge in [-0.15, -0.1) is 0 Å². The third-order valence-electron chi connectivity index (χ3n) is 7.11. The molecule has 2 aliphatic rings. The highest BCUT2D eigenvalue weighted by atomic mass is 28.4. The molecule has 0 aromatic rings. The van der Waals surface area contributed by atoms with Gasteiger partial charge in [0.15, 0.2) is 47.9 Å². The highest BCUT2D eigenvalue weighted by Gasteiger charge is 2.57. The third kappa shape index (κ3) is 16.9. The summed E-state index contributed by atoms with van der Waals surface area (Å²) in [5, 5.41) is 0. The molecule has 2 aliphatic heterocycles. The van der Waals surface area contributed by atoms with Gasteiger partial charge in [-0.1, -0.05) is 0 Å². The Hall–Kier alpha value is -0.826. The van der Waals surface area contributed by atoms with Gasteiger partial charge in [0, 0.05) is 20.8 Å². The van der Waals surface area contributed by atoms with Gasteiger partial charge in [0.25, 0.3) is 0 Å². The van der Waals surface area contributed by atoms with Crippen molar-refractivity contribution in [2.45, 2.75) is 180 Å². The molecule has 0 aromatic heterocycles. The van der Waals surface area contributed by atoms with Crippen molar-refractivity contribution >= 4 is 59.5 Å². The average molecular weight is 829 g/mol. The first-order valence-corrected chi connectivity index (χ1v) is 35.2. The minimum Gasteiger partial charge on any atom is -0.463 e. The van der Waals surface area contributed by atoms with Crippen LogP contribution in [0.3, 0.4) is 0 Å². The third-order valence-corrected chi connectivity index (χ3v) is 12.0. The molecule has 10 atom stereocenters. The van der Waals surface area contributed by atoms with E-state index in [0.717, 1.165) is 0 Å². The molecule has 0 aliphatic carbocycles. The van der Waals surface area contributed by atoms with E-state index in [0.29, 0.717) is 0 Å². The Morgan fingerprint density at radius 3 is 1.10 bits per heavy atom. The summed E-state index contributed by atoms with van der Waals surface area (Å²) in [6, 6.07) is 0. The van der Waals surface area contributed by atoms with Crippen molar-refractivity contribution in [1.29, 1.82) is 0 Å². The van der Waals surface area contributed by atoms with Gasteiger partial charge >= 0.3 is 17.9 Å². The van der Waals surface area contributed by atoms with Gasteiger partial charge < -0.3 is 50.6 Å². The van der Waals surface area contributed by atoms with E-state index in [4.69, 9.17) is 50.6 Å². The molecule has 2 saturated heterocycles. The number of carbonyl (C=O) groups is 3. The number of carbonyl (C=O) groups excluding carboxylic acids is 3. The van der Waals surface area contributed by atoms with Gasteiger partial charge in [0.05, 0.1) is 0 Å². The molecule has 52 heavy (non-hydrogen) atoms. The molecule has 0 bridgehead atoms. The van der Waals surface area contributed by atoms with Crippen LogP contribution in [0.25, 0.3) is 0 Å². The van der Waals surface area contributed by atoms with Crippen LogP contribution in [0.1, 0.15) is 20.8 Å². The Kier molecular flexibility index (Phi) is 16.8. The van der Waals surface area contributed by atoms with Crippen LogP contribution in [-0.4, -0.2) is 134 Å². The fraction of sp³-hybridized carbons (Fsp3) is 0.909. The molecule has 0 saturated carbocycles. The first kappa shape index (κ1) is 47.3. The second kappa shape index (κ2) is 18.4. The van der Waals surface area contributed by atoms with Crippen molar-refractivity contribution in [3.63, 3.8) is 0 Å². The van der Waals surface area contributed by atoms with E-state index in [2.05, 4.69) is 58.9 Å². The number of hydrogen-bond donors (Lipinski definition) is 0. The van der Waals surface area contributed by atoms with Crippen LogP contribution in [0.5, 0.6) is 0 Å². The van der Waals surface area contributed by atoms with Crippen molar-refractivity contribution in [1.82, 2.24) is 0 Å². The van der Waals surface area contributed by atoms with Crippen LogP contribution in [0.4, 0.5) is 0 Å². The molecule has 2 heterocycles. The number of hydrogen-bond acceptors (Lipinski definition) is 14. The van der Waals surface area contributed by atoms with Crippen molar-refractivity contribution in [3.05, 3.63) is 0 Å². The summed E-state index contributed by atoms with van der Waals surface area (Å²) in [4.78, 5) is 36.7. The lowest BCUT2D eigenvalue weighted by atomic mass is 9.97. The van der Waals surface area contributed by atoms with E-state index in [1.807, 2.05) is 39.3 Å². The summed E-state index contributed by atoms with van der Waals surface area (Å²) in [5.74, 6) is -1.57. The molecule has 0 amide bonds. The van der Waals surface area contributed by atoms with Crippen LogP contribution in [-0.2, 0) is 64.9 Å². The van der Waals surface area contributed by atoms with E-state index in [-0.39, 0.29) is 13.2 Å². The molecule has 2 rings (SSSR count). The molecule has 0 N–H and O–H groups in total. The molecular weight excluding hydrogens is 761 g/mol. The van der Waals surface area contributed by atoms with Gasteiger partial charge in [0.1, 0.15) is 62.0 Å². The molecule has 304 valence electrons. The molecular formula is C33H68O14Si5. The minimum atomic E-state index is -2.40. The molecule has 0 unspecified atom stereocenters. The Morgan fingerprint density at radius 2 is 0.731 bits per heavy atom. The normalized spacial score (nSPS) is 30.8. The monoisotopic (exact) mass is 828 g/mol. The van der Waals surface area contributed by atoms with Gasteiger partial charge in [-0.25, -0.2) is 0 Å². The molecule has 0 radical (unpaired) electrons. The van der Waals surface area contributed by atoms with Crippen molar-refractivity contribution < 1.29 is 64.9 Å². The van der Waals surface area contributed by atoms with E-state index in [9.17, 15) is 14.4 Å². The van der Waals surface area contributed by atoms with Crippen LogP contribution < -0.4 is 0 Å². The first-order valence-electron chi connectivity index (χ1n) is 18.1. The Labute approximate surface area is 317 Å². The number of esters is 3.